The van der Waals surface area contributed by atoms with Gasteiger partial charge in [0, 0.05) is 38.2 Å². The van der Waals surface area contributed by atoms with E-state index in [0.29, 0.717) is 31.9 Å². The summed E-state index contributed by atoms with van der Waals surface area (Å²) in [6.07, 6.45) is 4.14. The summed E-state index contributed by atoms with van der Waals surface area (Å²) in [5.74, 6) is 1.05. The van der Waals surface area contributed by atoms with Gasteiger partial charge in [-0.25, -0.2) is 8.42 Å². The number of hydrogen-bond donors (Lipinski definition) is 0. The van der Waals surface area contributed by atoms with Gasteiger partial charge in [-0.15, -0.1) is 0 Å². The van der Waals surface area contributed by atoms with Crippen molar-refractivity contribution in [2.75, 3.05) is 40.4 Å². The predicted octanol–water partition coefficient (Wildman–Crippen LogP) is 1.73. The van der Waals surface area contributed by atoms with Crippen LogP contribution in [0.2, 0.25) is 0 Å². The van der Waals surface area contributed by atoms with E-state index in [1.807, 2.05) is 4.90 Å². The Morgan fingerprint density at radius 3 is 2.27 bits per heavy atom. The summed E-state index contributed by atoms with van der Waals surface area (Å²) in [4.78, 5) is 14.4. The zero-order valence-corrected chi connectivity index (χ0v) is 16.1. The average Bonchev–Trinajstić information content (AvgIpc) is 3.21. The molecule has 0 bridgehead atoms. The lowest BCUT2D eigenvalue weighted by Crippen LogP contribution is -2.51. The largest absolute Gasteiger partial charge is 0.497 e. The maximum Gasteiger partial charge on any atom is 0.247 e. The molecule has 1 saturated heterocycles. The number of methoxy groups -OCH3 is 2. The Morgan fingerprint density at radius 2 is 1.69 bits per heavy atom. The molecule has 2 fully saturated rings. The van der Waals surface area contributed by atoms with Crippen molar-refractivity contribution in [3.8, 4) is 11.5 Å². The van der Waals surface area contributed by atoms with Gasteiger partial charge in [-0.2, -0.15) is 4.31 Å². The summed E-state index contributed by atoms with van der Waals surface area (Å²) in [6, 6.07) is 4.73. The van der Waals surface area contributed by atoms with E-state index in [2.05, 4.69) is 0 Å². The molecule has 0 radical (unpaired) electrons. The molecule has 1 aliphatic carbocycles. The van der Waals surface area contributed by atoms with Crippen LogP contribution in [0.5, 0.6) is 11.5 Å². The van der Waals surface area contributed by atoms with Crippen LogP contribution in [-0.2, 0) is 14.8 Å². The molecule has 8 heteroatoms. The number of nitrogens with zero attached hydrogens (tertiary/aromatic N) is 2. The number of hydrogen-bond acceptors (Lipinski definition) is 5. The monoisotopic (exact) mass is 382 g/mol. The molecular weight excluding hydrogens is 356 g/mol. The molecule has 1 heterocycles. The van der Waals surface area contributed by atoms with Crippen molar-refractivity contribution in [2.45, 2.75) is 30.6 Å². The molecule has 1 aromatic carbocycles. The van der Waals surface area contributed by atoms with Gasteiger partial charge in [0.1, 0.15) is 16.4 Å². The number of sulfonamides is 1. The Bertz CT molecular complexity index is 751. The standard InChI is InChI=1S/C18H26N2O5S/c1-24-15-7-8-16(25-2)17(13-15)26(22,23)20-11-9-19(10-12-20)18(21)14-5-3-4-6-14/h7-8,13-14H,3-6,9-12H2,1-2H3. The minimum Gasteiger partial charge on any atom is -0.497 e. The van der Waals surface area contributed by atoms with Crippen molar-refractivity contribution in [3.05, 3.63) is 18.2 Å². The third-order valence-corrected chi connectivity index (χ3v) is 7.16. The maximum atomic E-state index is 13.1. The number of benzene rings is 1. The molecule has 1 aliphatic heterocycles. The third kappa shape index (κ3) is 3.66. The molecule has 0 atom stereocenters. The number of amides is 1. The Morgan fingerprint density at radius 1 is 1.04 bits per heavy atom. The first-order chi connectivity index (χ1) is 12.5. The number of carbonyl (C=O) groups is 1. The molecule has 0 aromatic heterocycles. The summed E-state index contributed by atoms with van der Waals surface area (Å²) in [5, 5.41) is 0. The minimum atomic E-state index is -3.72. The molecule has 1 amide bonds. The summed E-state index contributed by atoms with van der Waals surface area (Å²) >= 11 is 0. The second-order valence-corrected chi connectivity index (χ2v) is 8.63. The molecule has 0 N–H and O–H groups in total. The molecule has 2 aliphatic rings. The van der Waals surface area contributed by atoms with Crippen LogP contribution in [0.4, 0.5) is 0 Å². The normalized spacial score (nSPS) is 19.5. The molecule has 26 heavy (non-hydrogen) atoms. The van der Waals surface area contributed by atoms with Gasteiger partial charge in [0.25, 0.3) is 0 Å². The van der Waals surface area contributed by atoms with E-state index in [1.165, 1.54) is 24.6 Å². The maximum absolute atomic E-state index is 13.1. The van der Waals surface area contributed by atoms with Crippen molar-refractivity contribution in [2.24, 2.45) is 5.92 Å². The minimum absolute atomic E-state index is 0.0925. The molecular formula is C18H26N2O5S. The van der Waals surface area contributed by atoms with Crippen LogP contribution >= 0.6 is 0 Å². The lowest BCUT2D eigenvalue weighted by Gasteiger charge is -2.35. The highest BCUT2D eigenvalue weighted by Gasteiger charge is 2.34. The van der Waals surface area contributed by atoms with Gasteiger partial charge in [0.05, 0.1) is 14.2 Å². The first-order valence-corrected chi connectivity index (χ1v) is 10.4. The van der Waals surface area contributed by atoms with E-state index in [-0.39, 0.29) is 22.5 Å². The van der Waals surface area contributed by atoms with Crippen molar-refractivity contribution in [1.29, 1.82) is 0 Å². The van der Waals surface area contributed by atoms with E-state index in [4.69, 9.17) is 9.47 Å². The summed E-state index contributed by atoms with van der Waals surface area (Å²) < 4.78 is 37.9. The average molecular weight is 382 g/mol. The zero-order chi connectivity index (χ0) is 18.7. The second kappa shape index (κ2) is 7.84. The molecule has 1 saturated carbocycles. The fourth-order valence-electron chi connectivity index (χ4n) is 3.70. The SMILES string of the molecule is COc1ccc(OC)c(S(=O)(=O)N2CCN(C(=O)C3CCCC3)CC2)c1. The summed E-state index contributed by atoms with van der Waals surface area (Å²) in [7, 11) is -0.780. The summed E-state index contributed by atoms with van der Waals surface area (Å²) in [6.45, 7) is 1.45. The Balaban J connectivity index is 1.73. The van der Waals surface area contributed by atoms with Gasteiger partial charge < -0.3 is 14.4 Å². The highest BCUT2D eigenvalue weighted by atomic mass is 32.2. The third-order valence-electron chi connectivity index (χ3n) is 5.24. The number of piperazine rings is 1. The zero-order valence-electron chi connectivity index (χ0n) is 15.3. The molecule has 144 valence electrons. The quantitative estimate of drug-likeness (QED) is 0.775. The first kappa shape index (κ1) is 19.0. The van der Waals surface area contributed by atoms with Crippen molar-refractivity contribution >= 4 is 15.9 Å². The van der Waals surface area contributed by atoms with Crippen LogP contribution in [-0.4, -0.2) is 63.9 Å². The molecule has 0 unspecified atom stereocenters. The lowest BCUT2D eigenvalue weighted by atomic mass is 10.1. The fraction of sp³-hybridized carbons (Fsp3) is 0.611. The fourth-order valence-corrected chi connectivity index (χ4v) is 5.30. The van der Waals surface area contributed by atoms with Crippen LogP contribution in [0.25, 0.3) is 0 Å². The Hall–Kier alpha value is -1.80. The van der Waals surface area contributed by atoms with Crippen LogP contribution in [0.3, 0.4) is 0 Å². The number of ether oxygens (including phenoxy) is 2. The van der Waals surface area contributed by atoms with Crippen molar-refractivity contribution in [3.63, 3.8) is 0 Å². The van der Waals surface area contributed by atoms with E-state index in [0.717, 1.165) is 25.7 Å². The van der Waals surface area contributed by atoms with Gasteiger partial charge in [-0.3, -0.25) is 4.79 Å². The highest BCUT2D eigenvalue weighted by Crippen LogP contribution is 2.32. The summed E-state index contributed by atoms with van der Waals surface area (Å²) in [5.41, 5.74) is 0. The Labute approximate surface area is 154 Å². The van der Waals surface area contributed by atoms with Gasteiger partial charge in [-0.05, 0) is 25.0 Å². The predicted molar refractivity (Wildman–Crippen MR) is 96.8 cm³/mol. The molecule has 0 spiro atoms. The topological polar surface area (TPSA) is 76.2 Å². The highest BCUT2D eigenvalue weighted by molar-refractivity contribution is 7.89. The van der Waals surface area contributed by atoms with Crippen LogP contribution < -0.4 is 9.47 Å². The van der Waals surface area contributed by atoms with Crippen LogP contribution in [0, 0.1) is 5.92 Å². The van der Waals surface area contributed by atoms with E-state index in [1.54, 1.807) is 12.1 Å². The van der Waals surface area contributed by atoms with Crippen molar-refractivity contribution < 1.29 is 22.7 Å². The number of rotatable bonds is 5. The van der Waals surface area contributed by atoms with Crippen LogP contribution in [0.1, 0.15) is 25.7 Å². The van der Waals surface area contributed by atoms with E-state index < -0.39 is 10.0 Å². The van der Waals surface area contributed by atoms with E-state index >= 15 is 0 Å². The smallest absolute Gasteiger partial charge is 0.247 e. The number of carbonyl (C=O) groups excluding carboxylic acids is 1. The van der Waals surface area contributed by atoms with Gasteiger partial charge in [0.2, 0.25) is 15.9 Å². The molecule has 7 nitrogen and oxygen atoms in total. The Kier molecular flexibility index (Phi) is 5.72. The molecule has 3 rings (SSSR count). The van der Waals surface area contributed by atoms with Crippen LogP contribution in [0.15, 0.2) is 23.1 Å². The lowest BCUT2D eigenvalue weighted by molar-refractivity contribution is -0.136. The van der Waals surface area contributed by atoms with Crippen molar-refractivity contribution in [1.82, 2.24) is 9.21 Å². The second-order valence-electron chi connectivity index (χ2n) is 6.73. The van der Waals surface area contributed by atoms with Gasteiger partial charge in [0.15, 0.2) is 0 Å². The molecule has 1 aromatic rings. The van der Waals surface area contributed by atoms with Gasteiger partial charge in [-0.1, -0.05) is 12.8 Å². The van der Waals surface area contributed by atoms with E-state index in [9.17, 15) is 13.2 Å². The van der Waals surface area contributed by atoms with Gasteiger partial charge >= 0.3 is 0 Å². The first-order valence-electron chi connectivity index (χ1n) is 8.98.